The van der Waals surface area contributed by atoms with Crippen LogP contribution >= 0.6 is 35.4 Å². The summed E-state index contributed by atoms with van der Waals surface area (Å²) < 4.78 is 5.27. The Labute approximate surface area is 171 Å². The Morgan fingerprint density at radius 1 is 1.04 bits per heavy atom. The van der Waals surface area contributed by atoms with E-state index in [1.54, 1.807) is 54.6 Å². The first kappa shape index (κ1) is 20.7. The number of rotatable bonds is 5. The van der Waals surface area contributed by atoms with Crippen LogP contribution < -0.4 is 20.9 Å². The van der Waals surface area contributed by atoms with E-state index < -0.39 is 11.8 Å². The molecule has 0 radical (unpaired) electrons. The molecule has 0 aliphatic rings. The lowest BCUT2D eigenvalue weighted by atomic mass is 10.2. The average molecular weight is 424 g/mol. The molecule has 6 nitrogen and oxygen atoms in total. The maximum absolute atomic E-state index is 11.8. The van der Waals surface area contributed by atoms with Crippen LogP contribution in [0.5, 0.6) is 5.75 Å². The summed E-state index contributed by atoms with van der Waals surface area (Å²) >= 11 is 16.7. The number of carbonyl (C=O) groups excluding carboxylic acids is 2. The van der Waals surface area contributed by atoms with Gasteiger partial charge in [0, 0.05) is 16.1 Å². The van der Waals surface area contributed by atoms with Crippen molar-refractivity contribution in [1.82, 2.24) is 16.2 Å². The van der Waals surface area contributed by atoms with E-state index in [1.165, 1.54) is 6.08 Å². The molecule has 0 atom stereocenters. The zero-order valence-electron chi connectivity index (χ0n) is 13.9. The van der Waals surface area contributed by atoms with Crippen molar-refractivity contribution < 1.29 is 14.3 Å². The molecule has 3 N–H and O–H groups in total. The molecule has 0 aromatic heterocycles. The van der Waals surface area contributed by atoms with Crippen LogP contribution in [0.2, 0.25) is 10.0 Å². The molecule has 9 heteroatoms. The second kappa shape index (κ2) is 10.5. The highest BCUT2D eigenvalue weighted by molar-refractivity contribution is 7.80. The van der Waals surface area contributed by atoms with Crippen LogP contribution in [0.4, 0.5) is 0 Å². The second-order valence-corrected chi connectivity index (χ2v) is 6.34. The van der Waals surface area contributed by atoms with Gasteiger partial charge in [0.25, 0.3) is 5.91 Å². The van der Waals surface area contributed by atoms with Crippen molar-refractivity contribution in [3.05, 3.63) is 70.2 Å². The molecule has 0 saturated heterocycles. The fourth-order valence-corrected chi connectivity index (χ4v) is 2.28. The summed E-state index contributed by atoms with van der Waals surface area (Å²) in [5.41, 5.74) is 5.41. The first-order valence-electron chi connectivity index (χ1n) is 7.65. The van der Waals surface area contributed by atoms with E-state index in [2.05, 4.69) is 16.2 Å². The fourth-order valence-electron chi connectivity index (χ4n) is 1.80. The minimum Gasteiger partial charge on any atom is -0.484 e. The van der Waals surface area contributed by atoms with E-state index in [-0.39, 0.29) is 11.7 Å². The first-order valence-corrected chi connectivity index (χ1v) is 8.81. The van der Waals surface area contributed by atoms with Crippen LogP contribution in [0.1, 0.15) is 5.56 Å². The number of hydrogen-bond donors (Lipinski definition) is 3. The normalized spacial score (nSPS) is 10.3. The van der Waals surface area contributed by atoms with Crippen molar-refractivity contribution in [3.63, 3.8) is 0 Å². The van der Waals surface area contributed by atoms with Gasteiger partial charge < -0.3 is 4.74 Å². The molecule has 140 valence electrons. The molecule has 0 spiro atoms. The van der Waals surface area contributed by atoms with Gasteiger partial charge in [0.2, 0.25) is 5.91 Å². The highest BCUT2D eigenvalue weighted by Gasteiger charge is 2.05. The van der Waals surface area contributed by atoms with Gasteiger partial charge in [-0.2, -0.15) is 0 Å². The third kappa shape index (κ3) is 7.65. The predicted molar refractivity (Wildman–Crippen MR) is 109 cm³/mol. The van der Waals surface area contributed by atoms with Crippen LogP contribution in [0.3, 0.4) is 0 Å². The van der Waals surface area contributed by atoms with Crippen molar-refractivity contribution in [2.45, 2.75) is 0 Å². The lowest BCUT2D eigenvalue weighted by molar-refractivity contribution is -0.123. The molecule has 27 heavy (non-hydrogen) atoms. The lowest BCUT2D eigenvalue weighted by Gasteiger charge is -2.10. The zero-order chi connectivity index (χ0) is 19.6. The number of nitrogens with one attached hydrogen (secondary N) is 3. The molecular weight excluding hydrogens is 409 g/mol. The summed E-state index contributed by atoms with van der Waals surface area (Å²) in [6.45, 7) is -0.238. The number of hydrogen-bond acceptors (Lipinski definition) is 4. The third-order valence-corrected chi connectivity index (χ3v) is 3.86. The number of thiocarbonyl (C=S) groups is 1. The molecule has 0 aliphatic heterocycles. The molecule has 0 heterocycles. The van der Waals surface area contributed by atoms with E-state index >= 15 is 0 Å². The van der Waals surface area contributed by atoms with Crippen molar-refractivity contribution in [1.29, 1.82) is 0 Å². The minimum absolute atomic E-state index is 0.0661. The monoisotopic (exact) mass is 423 g/mol. The minimum atomic E-state index is -0.479. The molecule has 2 rings (SSSR count). The van der Waals surface area contributed by atoms with Gasteiger partial charge in [0.05, 0.1) is 0 Å². The lowest BCUT2D eigenvalue weighted by Crippen LogP contribution is -2.49. The molecule has 2 amide bonds. The summed E-state index contributed by atoms with van der Waals surface area (Å²) in [5, 5.41) is 3.41. The highest BCUT2D eigenvalue weighted by atomic mass is 35.5. The molecule has 2 aromatic carbocycles. The number of benzene rings is 2. The maximum atomic E-state index is 11.8. The zero-order valence-corrected chi connectivity index (χ0v) is 16.2. The number of amides is 2. The van der Waals surface area contributed by atoms with E-state index in [0.717, 1.165) is 0 Å². The standard InChI is InChI=1S/C18H15Cl2N3O3S/c19-13-6-8-14(9-7-13)26-11-17(25)22-23-18(27)21-16(24)10-5-12-3-1-2-4-15(12)20/h1-10H,11H2,(H,22,25)(H2,21,23,24,27). The Hall–Kier alpha value is -2.61. The topological polar surface area (TPSA) is 79.5 Å². The molecule has 0 aliphatic carbocycles. The Morgan fingerprint density at radius 3 is 2.44 bits per heavy atom. The summed E-state index contributed by atoms with van der Waals surface area (Å²) in [7, 11) is 0. The van der Waals surface area contributed by atoms with Gasteiger partial charge >= 0.3 is 0 Å². The van der Waals surface area contributed by atoms with Crippen LogP contribution in [0, 0.1) is 0 Å². The molecule has 0 fully saturated rings. The highest BCUT2D eigenvalue weighted by Crippen LogP contribution is 2.16. The number of hydrazine groups is 1. The summed E-state index contributed by atoms with van der Waals surface area (Å²) in [6.07, 6.45) is 2.83. The van der Waals surface area contributed by atoms with Crippen molar-refractivity contribution in [3.8, 4) is 5.75 Å². The summed E-state index contributed by atoms with van der Waals surface area (Å²) in [5.74, 6) is -0.456. The van der Waals surface area contributed by atoms with Crippen molar-refractivity contribution >= 4 is 58.4 Å². The number of carbonyl (C=O) groups is 2. The second-order valence-electron chi connectivity index (χ2n) is 5.09. The summed E-state index contributed by atoms with van der Waals surface area (Å²) in [4.78, 5) is 23.5. The van der Waals surface area contributed by atoms with E-state index in [9.17, 15) is 9.59 Å². The van der Waals surface area contributed by atoms with E-state index in [0.29, 0.717) is 21.4 Å². The molecular formula is C18H15Cl2N3O3S. The smallest absolute Gasteiger partial charge is 0.276 e. The largest absolute Gasteiger partial charge is 0.484 e. The third-order valence-electron chi connectivity index (χ3n) is 3.06. The quantitative estimate of drug-likeness (QED) is 0.391. The van der Waals surface area contributed by atoms with Crippen LogP contribution in [0.15, 0.2) is 54.6 Å². The average Bonchev–Trinajstić information content (AvgIpc) is 2.65. The van der Waals surface area contributed by atoms with Gasteiger partial charge in [-0.25, -0.2) is 0 Å². The van der Waals surface area contributed by atoms with Gasteiger partial charge in [0.15, 0.2) is 11.7 Å². The van der Waals surface area contributed by atoms with Crippen molar-refractivity contribution in [2.24, 2.45) is 0 Å². The van der Waals surface area contributed by atoms with E-state index in [1.807, 2.05) is 0 Å². The van der Waals surface area contributed by atoms with Gasteiger partial charge in [-0.05, 0) is 54.2 Å². The van der Waals surface area contributed by atoms with Crippen LogP contribution in [-0.4, -0.2) is 23.5 Å². The molecule has 2 aromatic rings. The molecule has 0 bridgehead atoms. The van der Waals surface area contributed by atoms with Gasteiger partial charge in [-0.15, -0.1) is 0 Å². The summed E-state index contributed by atoms with van der Waals surface area (Å²) in [6, 6.07) is 13.6. The number of ether oxygens (including phenoxy) is 1. The maximum Gasteiger partial charge on any atom is 0.276 e. The molecule has 0 unspecified atom stereocenters. The van der Waals surface area contributed by atoms with Gasteiger partial charge in [-0.3, -0.25) is 25.8 Å². The van der Waals surface area contributed by atoms with Gasteiger partial charge in [-0.1, -0.05) is 41.4 Å². The molecule has 0 saturated carbocycles. The Morgan fingerprint density at radius 2 is 1.74 bits per heavy atom. The van der Waals surface area contributed by atoms with Crippen molar-refractivity contribution in [2.75, 3.05) is 6.61 Å². The number of halogens is 2. The van der Waals surface area contributed by atoms with Crippen LogP contribution in [-0.2, 0) is 9.59 Å². The Balaban J connectivity index is 1.70. The SMILES string of the molecule is O=C(C=Cc1ccccc1Cl)NC(=S)NNC(=O)COc1ccc(Cl)cc1. The predicted octanol–water partition coefficient (Wildman–Crippen LogP) is 3.11. The van der Waals surface area contributed by atoms with Crippen LogP contribution in [0.25, 0.3) is 6.08 Å². The Bertz CT molecular complexity index is 857. The van der Waals surface area contributed by atoms with E-state index in [4.69, 9.17) is 40.2 Å². The fraction of sp³-hybridized carbons (Fsp3) is 0.0556. The first-order chi connectivity index (χ1) is 12.9. The van der Waals surface area contributed by atoms with Gasteiger partial charge in [0.1, 0.15) is 5.75 Å². The Kier molecular flexibility index (Phi) is 8.06.